The number of rotatable bonds is 17. The molecule has 0 aliphatic heterocycles. The van der Waals surface area contributed by atoms with E-state index < -0.39 is 60.2 Å². The van der Waals surface area contributed by atoms with Gasteiger partial charge in [-0.1, -0.05) is 42.5 Å². The first kappa shape index (κ1) is 32.7. The number of aliphatic carboxylic acids is 2. The Balaban J connectivity index is 2.18. The van der Waals surface area contributed by atoms with E-state index in [4.69, 9.17) is 16.6 Å². The van der Waals surface area contributed by atoms with Crippen molar-refractivity contribution in [2.75, 3.05) is 6.54 Å². The van der Waals surface area contributed by atoms with Crippen LogP contribution in [0.3, 0.4) is 0 Å². The number of hydrogen-bond acceptors (Lipinski definition) is 8. The molecule has 0 spiro atoms. The van der Waals surface area contributed by atoms with Crippen molar-refractivity contribution in [1.82, 2.24) is 16.0 Å². The minimum atomic E-state index is -1.49. The van der Waals surface area contributed by atoms with Gasteiger partial charge < -0.3 is 42.7 Å². The fourth-order valence-corrected chi connectivity index (χ4v) is 3.98. The van der Waals surface area contributed by atoms with Crippen molar-refractivity contribution in [3.63, 3.8) is 0 Å². The highest BCUT2D eigenvalue weighted by atomic mass is 16.4. The monoisotopic (exact) mass is 571 g/mol. The molecule has 3 amide bonds. The Hall–Kier alpha value is -4.49. The summed E-state index contributed by atoms with van der Waals surface area (Å²) in [6.45, 7) is 0.233. The van der Waals surface area contributed by atoms with Crippen molar-refractivity contribution >= 4 is 29.7 Å². The molecule has 0 saturated heterocycles. The molecular weight excluding hydrogens is 534 g/mol. The quantitative estimate of drug-likeness (QED) is 0.123. The molecule has 222 valence electrons. The minimum Gasteiger partial charge on any atom is -0.508 e. The maximum absolute atomic E-state index is 13.3. The third kappa shape index (κ3) is 11.6. The molecule has 0 bridgehead atoms. The molecule has 2 aromatic rings. The first-order valence-corrected chi connectivity index (χ1v) is 13.1. The van der Waals surface area contributed by atoms with Crippen LogP contribution >= 0.6 is 0 Å². The third-order valence-electron chi connectivity index (χ3n) is 6.24. The number of hydrogen-bond donors (Lipinski definition) is 8. The Morgan fingerprint density at radius 1 is 0.707 bits per heavy atom. The van der Waals surface area contributed by atoms with Gasteiger partial charge in [0.2, 0.25) is 17.7 Å². The minimum absolute atomic E-state index is 0.00159. The normalized spacial score (nSPS) is 13.7. The molecule has 13 nitrogen and oxygen atoms in total. The smallest absolute Gasteiger partial charge is 0.326 e. The summed E-state index contributed by atoms with van der Waals surface area (Å²) in [6.07, 6.45) is -0.167. The van der Waals surface area contributed by atoms with E-state index in [1.807, 2.05) is 0 Å². The van der Waals surface area contributed by atoms with Gasteiger partial charge >= 0.3 is 11.9 Å². The molecule has 0 saturated carbocycles. The van der Waals surface area contributed by atoms with Crippen LogP contribution in [0, 0.1) is 0 Å². The molecule has 0 unspecified atom stereocenters. The lowest BCUT2D eigenvalue weighted by Gasteiger charge is -2.25. The average molecular weight is 572 g/mol. The Labute approximate surface area is 237 Å². The fourth-order valence-electron chi connectivity index (χ4n) is 3.98. The first-order chi connectivity index (χ1) is 19.5. The van der Waals surface area contributed by atoms with Crippen molar-refractivity contribution in [2.24, 2.45) is 11.5 Å². The zero-order valence-electron chi connectivity index (χ0n) is 22.5. The van der Waals surface area contributed by atoms with Crippen LogP contribution in [0.15, 0.2) is 54.6 Å². The Kier molecular flexibility index (Phi) is 13.2. The lowest BCUT2D eigenvalue weighted by molar-refractivity contribution is -0.143. The van der Waals surface area contributed by atoms with Crippen LogP contribution in [0.4, 0.5) is 0 Å². The van der Waals surface area contributed by atoms with Crippen molar-refractivity contribution in [2.45, 2.75) is 62.7 Å². The van der Waals surface area contributed by atoms with Gasteiger partial charge in [-0.25, -0.2) is 4.79 Å². The molecular formula is C28H37N5O8. The van der Waals surface area contributed by atoms with Gasteiger partial charge in [-0.2, -0.15) is 0 Å². The number of amides is 3. The molecule has 41 heavy (non-hydrogen) atoms. The van der Waals surface area contributed by atoms with E-state index in [0.29, 0.717) is 17.5 Å². The average Bonchev–Trinajstić information content (AvgIpc) is 2.94. The van der Waals surface area contributed by atoms with Gasteiger partial charge in [0.15, 0.2) is 0 Å². The molecule has 0 aliphatic rings. The predicted molar refractivity (Wildman–Crippen MR) is 149 cm³/mol. The van der Waals surface area contributed by atoms with Crippen LogP contribution in [-0.4, -0.2) is 75.7 Å². The zero-order chi connectivity index (χ0) is 30.4. The number of nitrogens with one attached hydrogen (secondary N) is 3. The molecule has 10 N–H and O–H groups in total. The largest absolute Gasteiger partial charge is 0.508 e. The van der Waals surface area contributed by atoms with E-state index >= 15 is 0 Å². The van der Waals surface area contributed by atoms with Crippen LogP contribution in [0.25, 0.3) is 0 Å². The molecule has 4 atom stereocenters. The topological polar surface area (TPSA) is 234 Å². The maximum Gasteiger partial charge on any atom is 0.326 e. The second-order valence-electron chi connectivity index (χ2n) is 9.55. The summed E-state index contributed by atoms with van der Waals surface area (Å²) in [7, 11) is 0. The van der Waals surface area contributed by atoms with Crippen molar-refractivity contribution in [1.29, 1.82) is 0 Å². The number of carbonyl (C=O) groups excluding carboxylic acids is 3. The van der Waals surface area contributed by atoms with E-state index in [1.54, 1.807) is 42.5 Å². The summed E-state index contributed by atoms with van der Waals surface area (Å²) < 4.78 is 0. The van der Waals surface area contributed by atoms with Gasteiger partial charge in [0.25, 0.3) is 0 Å². The highest BCUT2D eigenvalue weighted by Crippen LogP contribution is 2.12. The van der Waals surface area contributed by atoms with Gasteiger partial charge in [-0.3, -0.25) is 19.2 Å². The van der Waals surface area contributed by atoms with Crippen molar-refractivity contribution < 1.29 is 39.3 Å². The summed E-state index contributed by atoms with van der Waals surface area (Å²) in [5.74, 6) is -4.71. The SMILES string of the molecule is NCCC[C@@H](NC(=O)[C@@H](N)Cc1ccc(O)cc1)C(=O)N[C@@H](Cc1ccccc1)C(=O)N[C@H](CCC(=O)O)C(=O)O. The van der Waals surface area contributed by atoms with Gasteiger partial charge in [0, 0.05) is 12.8 Å². The number of carboxylic acid groups (broad SMARTS) is 2. The van der Waals surface area contributed by atoms with Gasteiger partial charge in [-0.15, -0.1) is 0 Å². The molecule has 2 rings (SSSR count). The third-order valence-corrected chi connectivity index (χ3v) is 6.24. The van der Waals surface area contributed by atoms with Crippen LogP contribution in [0.1, 0.15) is 36.8 Å². The molecule has 0 radical (unpaired) electrons. The summed E-state index contributed by atoms with van der Waals surface area (Å²) in [4.78, 5) is 61.9. The Morgan fingerprint density at radius 3 is 1.85 bits per heavy atom. The first-order valence-electron chi connectivity index (χ1n) is 13.1. The second-order valence-corrected chi connectivity index (χ2v) is 9.55. The standard InChI is InChI=1S/C28H37N5O8/c29-14-4-7-21(31-25(37)20(30)15-18-8-10-19(34)11-9-18)26(38)33-23(16-17-5-2-1-3-6-17)27(39)32-22(28(40)41)12-13-24(35)36/h1-3,5-6,8-11,20-23,34H,4,7,12-16,29-30H2,(H,31,37)(H,32,39)(H,33,38)(H,35,36)(H,40,41)/t20-,21+,22+,23-/m0/s1. The van der Waals surface area contributed by atoms with Gasteiger partial charge in [-0.05, 0) is 55.5 Å². The van der Waals surface area contributed by atoms with Gasteiger partial charge in [0.05, 0.1) is 6.04 Å². The zero-order valence-corrected chi connectivity index (χ0v) is 22.5. The number of phenolic OH excluding ortho intramolecular Hbond substituents is 1. The molecule has 0 aliphatic carbocycles. The van der Waals surface area contributed by atoms with E-state index in [9.17, 15) is 34.2 Å². The number of benzene rings is 2. The van der Waals surface area contributed by atoms with Crippen molar-refractivity contribution in [3.8, 4) is 5.75 Å². The number of aromatic hydroxyl groups is 1. The predicted octanol–water partition coefficient (Wildman–Crippen LogP) is -0.353. The lowest BCUT2D eigenvalue weighted by Crippen LogP contribution is -2.57. The van der Waals surface area contributed by atoms with E-state index in [2.05, 4.69) is 16.0 Å². The number of carbonyl (C=O) groups is 5. The second kappa shape index (κ2) is 16.6. The highest BCUT2D eigenvalue weighted by Gasteiger charge is 2.30. The molecule has 0 aromatic heterocycles. The summed E-state index contributed by atoms with van der Waals surface area (Å²) in [5, 5.41) is 35.3. The summed E-state index contributed by atoms with van der Waals surface area (Å²) in [6, 6.07) is 10.0. The molecule has 13 heteroatoms. The van der Waals surface area contributed by atoms with E-state index in [-0.39, 0.29) is 38.0 Å². The lowest BCUT2D eigenvalue weighted by atomic mass is 10.0. The maximum atomic E-state index is 13.3. The summed E-state index contributed by atoms with van der Waals surface area (Å²) >= 11 is 0. The Bertz CT molecular complexity index is 1180. The molecule has 0 fully saturated rings. The van der Waals surface area contributed by atoms with Gasteiger partial charge in [0.1, 0.15) is 23.9 Å². The van der Waals surface area contributed by atoms with Crippen LogP contribution < -0.4 is 27.4 Å². The number of carboxylic acids is 2. The van der Waals surface area contributed by atoms with E-state index in [0.717, 1.165) is 0 Å². The summed E-state index contributed by atoms with van der Waals surface area (Å²) in [5.41, 5.74) is 13.0. The fraction of sp³-hybridized carbons (Fsp3) is 0.393. The van der Waals surface area contributed by atoms with Crippen LogP contribution in [0.2, 0.25) is 0 Å². The van der Waals surface area contributed by atoms with Crippen molar-refractivity contribution in [3.05, 3.63) is 65.7 Å². The molecule has 0 heterocycles. The van der Waals surface area contributed by atoms with Crippen LogP contribution in [-0.2, 0) is 36.8 Å². The number of phenols is 1. The van der Waals surface area contributed by atoms with Crippen LogP contribution in [0.5, 0.6) is 5.75 Å². The molecule has 2 aromatic carbocycles. The van der Waals surface area contributed by atoms with E-state index in [1.165, 1.54) is 12.1 Å². The Morgan fingerprint density at radius 2 is 1.27 bits per heavy atom. The highest BCUT2D eigenvalue weighted by molar-refractivity contribution is 5.94. The number of nitrogens with two attached hydrogens (primary N) is 2.